The Morgan fingerprint density at radius 1 is 1.41 bits per heavy atom. The van der Waals surface area contributed by atoms with Gasteiger partial charge in [-0.05, 0) is 34.1 Å². The van der Waals surface area contributed by atoms with Gasteiger partial charge in [0.05, 0.1) is 23.4 Å². The lowest BCUT2D eigenvalue weighted by molar-refractivity contribution is 0.270. The molecule has 1 aromatic heterocycles. The average Bonchev–Trinajstić information content (AvgIpc) is 2.55. The van der Waals surface area contributed by atoms with Crippen LogP contribution in [0.5, 0.6) is 0 Å². The van der Waals surface area contributed by atoms with E-state index in [0.717, 1.165) is 10.2 Å². The fourth-order valence-electron chi connectivity index (χ4n) is 1.08. The zero-order valence-electron chi connectivity index (χ0n) is 11.1. The van der Waals surface area contributed by atoms with Crippen molar-refractivity contribution in [3.8, 4) is 0 Å². The average molecular weight is 321 g/mol. The molecular weight excluding hydrogens is 300 g/mol. The van der Waals surface area contributed by atoms with Crippen LogP contribution in [0.1, 0.15) is 32.2 Å². The predicted molar refractivity (Wildman–Crippen MR) is 74.2 cm³/mol. The lowest BCUT2D eigenvalue weighted by Crippen LogP contribution is -2.40. The molecule has 1 rings (SSSR count). The number of nitrogens with zero attached hydrogens (tertiary/aromatic N) is 1. The van der Waals surface area contributed by atoms with Gasteiger partial charge in [0.2, 0.25) is 0 Å². The van der Waals surface area contributed by atoms with Crippen molar-refractivity contribution in [2.45, 2.75) is 52.1 Å². The van der Waals surface area contributed by atoms with E-state index in [1.807, 2.05) is 0 Å². The summed E-state index contributed by atoms with van der Waals surface area (Å²) in [7, 11) is -1.74. The Morgan fingerprint density at radius 2 is 2.00 bits per heavy atom. The van der Waals surface area contributed by atoms with Crippen molar-refractivity contribution < 1.29 is 9.53 Å². The molecule has 1 heterocycles. The maximum absolute atomic E-state index is 9.04. The number of H-pyrrole nitrogens is 1. The first-order chi connectivity index (χ1) is 7.69. The first-order valence-electron chi connectivity index (χ1n) is 5.65. The van der Waals surface area contributed by atoms with Crippen molar-refractivity contribution in [3.05, 3.63) is 15.9 Å². The maximum Gasteiger partial charge on any atom is 0.192 e. The Balaban J connectivity index is 2.71. The Kier molecular flexibility index (Phi) is 4.57. The molecule has 0 atom stereocenters. The molecule has 0 saturated carbocycles. The van der Waals surface area contributed by atoms with Gasteiger partial charge in [-0.2, -0.15) is 5.10 Å². The summed E-state index contributed by atoms with van der Waals surface area (Å²) in [6, 6.07) is 0. The van der Waals surface area contributed by atoms with Crippen LogP contribution >= 0.6 is 15.9 Å². The third-order valence-electron chi connectivity index (χ3n) is 3.38. The number of hydrogen-bond donors (Lipinski definition) is 2. The van der Waals surface area contributed by atoms with Gasteiger partial charge in [-0.25, -0.2) is 0 Å². The molecule has 0 aliphatic rings. The fraction of sp³-hybridized carbons (Fsp3) is 0.727. The van der Waals surface area contributed by atoms with Gasteiger partial charge in [0, 0.05) is 0 Å². The van der Waals surface area contributed by atoms with Crippen LogP contribution in [0, 0.1) is 0 Å². The minimum atomic E-state index is -1.74. The van der Waals surface area contributed by atoms with E-state index in [1.165, 1.54) is 0 Å². The number of aromatic amines is 1. The molecular formula is C11H21BrN2O2Si. The Morgan fingerprint density at radius 3 is 2.41 bits per heavy atom. The summed E-state index contributed by atoms with van der Waals surface area (Å²) in [5, 5.41) is 16.1. The van der Waals surface area contributed by atoms with Crippen molar-refractivity contribution in [3.63, 3.8) is 0 Å². The predicted octanol–water partition coefficient (Wildman–Crippen LogP) is 3.19. The van der Waals surface area contributed by atoms with Crippen molar-refractivity contribution >= 4 is 24.2 Å². The van der Waals surface area contributed by atoms with Gasteiger partial charge >= 0.3 is 0 Å². The highest BCUT2D eigenvalue weighted by molar-refractivity contribution is 9.10. The molecule has 0 aromatic carbocycles. The van der Waals surface area contributed by atoms with Crippen LogP contribution in [0.3, 0.4) is 0 Å². The minimum Gasteiger partial charge on any atom is -0.411 e. The SMILES string of the molecule is CC(C)(C)[Si](C)(C)OCc1[nH]nc(CO)c1Br. The molecule has 98 valence electrons. The second-order valence-electron chi connectivity index (χ2n) is 5.67. The number of nitrogens with one attached hydrogen (secondary N) is 1. The topological polar surface area (TPSA) is 58.1 Å². The molecule has 0 aliphatic heterocycles. The van der Waals surface area contributed by atoms with Crippen LogP contribution in [0.2, 0.25) is 18.1 Å². The molecule has 0 aliphatic carbocycles. The monoisotopic (exact) mass is 320 g/mol. The van der Waals surface area contributed by atoms with Gasteiger partial charge < -0.3 is 9.53 Å². The van der Waals surface area contributed by atoms with Gasteiger partial charge in [-0.1, -0.05) is 20.8 Å². The Bertz CT molecular complexity index is 385. The lowest BCUT2D eigenvalue weighted by Gasteiger charge is -2.36. The van der Waals surface area contributed by atoms with E-state index in [-0.39, 0.29) is 11.6 Å². The van der Waals surface area contributed by atoms with Crippen molar-refractivity contribution in [2.75, 3.05) is 0 Å². The van der Waals surface area contributed by atoms with E-state index in [4.69, 9.17) is 9.53 Å². The third-order valence-corrected chi connectivity index (χ3v) is 8.79. The van der Waals surface area contributed by atoms with Gasteiger partial charge in [0.15, 0.2) is 8.32 Å². The van der Waals surface area contributed by atoms with Gasteiger partial charge in [0.25, 0.3) is 0 Å². The number of hydrogen-bond acceptors (Lipinski definition) is 3. The van der Waals surface area contributed by atoms with E-state index >= 15 is 0 Å². The molecule has 0 amide bonds. The molecule has 0 saturated heterocycles. The Labute approximate surface area is 112 Å². The van der Waals surface area contributed by atoms with Crippen LogP contribution in [-0.2, 0) is 17.6 Å². The van der Waals surface area contributed by atoms with Crippen LogP contribution in [-0.4, -0.2) is 23.6 Å². The van der Waals surface area contributed by atoms with Crippen molar-refractivity contribution in [1.29, 1.82) is 0 Å². The zero-order valence-corrected chi connectivity index (χ0v) is 13.7. The first-order valence-corrected chi connectivity index (χ1v) is 9.35. The quantitative estimate of drug-likeness (QED) is 0.838. The van der Waals surface area contributed by atoms with Crippen molar-refractivity contribution in [2.24, 2.45) is 0 Å². The molecule has 17 heavy (non-hydrogen) atoms. The van der Waals surface area contributed by atoms with Gasteiger partial charge in [-0.15, -0.1) is 0 Å². The molecule has 0 radical (unpaired) electrons. The molecule has 0 fully saturated rings. The van der Waals surface area contributed by atoms with E-state index in [9.17, 15) is 0 Å². The van der Waals surface area contributed by atoms with E-state index < -0.39 is 8.32 Å². The summed E-state index contributed by atoms with van der Waals surface area (Å²) in [6.45, 7) is 11.5. The number of halogens is 1. The molecule has 0 unspecified atom stereocenters. The largest absolute Gasteiger partial charge is 0.411 e. The van der Waals surface area contributed by atoms with Crippen LogP contribution in [0.4, 0.5) is 0 Å². The van der Waals surface area contributed by atoms with E-state index in [2.05, 4.69) is 60.0 Å². The van der Waals surface area contributed by atoms with Crippen LogP contribution in [0.15, 0.2) is 4.47 Å². The fourth-order valence-corrected chi connectivity index (χ4v) is 2.43. The molecule has 2 N–H and O–H groups in total. The van der Waals surface area contributed by atoms with Gasteiger partial charge in [0.1, 0.15) is 5.69 Å². The third kappa shape index (κ3) is 3.40. The van der Waals surface area contributed by atoms with E-state index in [1.54, 1.807) is 0 Å². The first kappa shape index (κ1) is 14.9. The number of aromatic nitrogens is 2. The van der Waals surface area contributed by atoms with E-state index in [0.29, 0.717) is 12.3 Å². The highest BCUT2D eigenvalue weighted by Gasteiger charge is 2.37. The van der Waals surface area contributed by atoms with Crippen LogP contribution in [0.25, 0.3) is 0 Å². The molecule has 4 nitrogen and oxygen atoms in total. The van der Waals surface area contributed by atoms with Crippen molar-refractivity contribution in [1.82, 2.24) is 10.2 Å². The minimum absolute atomic E-state index is 0.0722. The number of rotatable bonds is 4. The second kappa shape index (κ2) is 5.22. The number of aliphatic hydroxyl groups is 1. The molecule has 0 bridgehead atoms. The second-order valence-corrected chi connectivity index (χ2v) is 11.3. The summed E-state index contributed by atoms with van der Waals surface area (Å²) < 4.78 is 6.89. The van der Waals surface area contributed by atoms with Gasteiger partial charge in [-0.3, -0.25) is 5.10 Å². The summed E-state index contributed by atoms with van der Waals surface area (Å²) in [6.07, 6.45) is 0. The number of aliphatic hydroxyl groups excluding tert-OH is 1. The zero-order chi connectivity index (χ0) is 13.3. The summed E-state index contributed by atoms with van der Waals surface area (Å²) in [5.74, 6) is 0. The Hall–Kier alpha value is -0.173. The molecule has 0 spiro atoms. The smallest absolute Gasteiger partial charge is 0.192 e. The summed E-state index contributed by atoms with van der Waals surface area (Å²) in [4.78, 5) is 0. The molecule has 6 heteroatoms. The summed E-state index contributed by atoms with van der Waals surface area (Å²) >= 11 is 3.41. The normalized spacial score (nSPS) is 13.1. The lowest BCUT2D eigenvalue weighted by atomic mass is 10.2. The molecule has 1 aromatic rings. The highest BCUT2D eigenvalue weighted by Crippen LogP contribution is 2.37. The van der Waals surface area contributed by atoms with Crippen LogP contribution < -0.4 is 0 Å². The highest BCUT2D eigenvalue weighted by atomic mass is 79.9. The maximum atomic E-state index is 9.04. The summed E-state index contributed by atoms with van der Waals surface area (Å²) in [5.41, 5.74) is 1.51. The standard InChI is InChI=1S/C11H21BrN2O2Si/c1-11(2,3)17(4,5)16-7-9-10(12)8(6-15)13-14-9/h15H,6-7H2,1-5H3,(H,13,14).